The molecule has 13 heteroatoms. The van der Waals surface area contributed by atoms with Crippen molar-refractivity contribution in [2.45, 2.75) is 56.1 Å². The van der Waals surface area contributed by atoms with Crippen molar-refractivity contribution in [2.75, 3.05) is 38.7 Å². The molecular formula is C29H38N4O8S. The average molecular weight is 603 g/mol. The molecule has 2 fully saturated rings. The van der Waals surface area contributed by atoms with Gasteiger partial charge in [0.25, 0.3) is 0 Å². The molecule has 1 amide bonds. The molecule has 0 spiro atoms. The lowest BCUT2D eigenvalue weighted by molar-refractivity contribution is -0.0907. The summed E-state index contributed by atoms with van der Waals surface area (Å²) in [5.74, 6) is 0.353. The summed E-state index contributed by atoms with van der Waals surface area (Å²) < 4.78 is 51.1. The van der Waals surface area contributed by atoms with E-state index >= 15 is 0 Å². The van der Waals surface area contributed by atoms with Crippen LogP contribution in [0.3, 0.4) is 0 Å². The summed E-state index contributed by atoms with van der Waals surface area (Å²) in [5.41, 5.74) is 1.31. The van der Waals surface area contributed by atoms with Crippen LogP contribution in [0.1, 0.15) is 25.8 Å². The second kappa shape index (κ2) is 13.0. The number of aliphatic hydroxyl groups excluding tert-OH is 1. The Morgan fingerprint density at radius 3 is 2.69 bits per heavy atom. The standard InChI is InChI=1S/C29H38N4O8S/c1-18(2)15-33(42(36,37)20-9-10-25-22(14-20)27(30-3)32-41-25)16-24(34)23(13-19-7-5-4-6-8-19)31-29(35)40-26-17-39-28-21(26)11-12-38-28/h4-10,14,18,21,23-24,26,28,34H,11-13,15-17H2,1-3H3,(H,30,32)(H,31,35). The fraction of sp³-hybridized carbons (Fsp3) is 0.517. The highest BCUT2D eigenvalue weighted by Gasteiger charge is 2.44. The first-order valence-electron chi connectivity index (χ1n) is 14.2. The van der Waals surface area contributed by atoms with Crippen LogP contribution >= 0.6 is 0 Å². The smallest absolute Gasteiger partial charge is 0.407 e. The van der Waals surface area contributed by atoms with Crippen molar-refractivity contribution in [1.29, 1.82) is 0 Å². The largest absolute Gasteiger partial charge is 0.443 e. The number of alkyl carbamates (subject to hydrolysis) is 1. The molecule has 0 bridgehead atoms. The highest BCUT2D eigenvalue weighted by Crippen LogP contribution is 2.33. The van der Waals surface area contributed by atoms with E-state index < -0.39 is 34.4 Å². The molecular weight excluding hydrogens is 564 g/mol. The molecule has 3 N–H and O–H groups in total. The van der Waals surface area contributed by atoms with E-state index in [1.54, 1.807) is 13.1 Å². The summed E-state index contributed by atoms with van der Waals surface area (Å²) in [6.07, 6.45) is -1.78. The van der Waals surface area contributed by atoms with Crippen LogP contribution in [0.5, 0.6) is 0 Å². The molecule has 2 aliphatic rings. The number of fused-ring (bicyclic) bond motifs is 2. The Kier molecular flexibility index (Phi) is 9.33. The van der Waals surface area contributed by atoms with Crippen molar-refractivity contribution in [3.63, 3.8) is 0 Å². The fourth-order valence-corrected chi connectivity index (χ4v) is 7.09. The Labute approximate surface area is 245 Å². The molecule has 1 aromatic heterocycles. The van der Waals surface area contributed by atoms with Gasteiger partial charge in [-0.2, -0.15) is 4.31 Å². The van der Waals surface area contributed by atoms with Gasteiger partial charge in [-0.1, -0.05) is 49.3 Å². The van der Waals surface area contributed by atoms with Crippen molar-refractivity contribution in [3.8, 4) is 0 Å². The molecule has 0 radical (unpaired) electrons. The first-order chi connectivity index (χ1) is 20.2. The zero-order chi connectivity index (χ0) is 29.9. The Morgan fingerprint density at radius 2 is 1.95 bits per heavy atom. The van der Waals surface area contributed by atoms with Crippen LogP contribution in [0.2, 0.25) is 0 Å². The molecule has 5 rings (SSSR count). The van der Waals surface area contributed by atoms with Gasteiger partial charge in [-0.15, -0.1) is 0 Å². The van der Waals surface area contributed by atoms with Gasteiger partial charge in [-0.25, -0.2) is 13.2 Å². The normalized spacial score (nSPS) is 21.9. The van der Waals surface area contributed by atoms with Crippen molar-refractivity contribution >= 4 is 32.9 Å². The van der Waals surface area contributed by atoms with Crippen LogP contribution in [-0.2, 0) is 30.7 Å². The molecule has 12 nitrogen and oxygen atoms in total. The number of hydrogen-bond donors (Lipinski definition) is 3. The molecule has 3 heterocycles. The highest BCUT2D eigenvalue weighted by atomic mass is 32.2. The first kappa shape index (κ1) is 30.2. The number of aromatic nitrogens is 1. The number of hydrogen-bond acceptors (Lipinski definition) is 10. The van der Waals surface area contributed by atoms with Crippen LogP contribution in [0.15, 0.2) is 57.9 Å². The predicted molar refractivity (Wildman–Crippen MR) is 154 cm³/mol. The number of nitrogens with zero attached hydrogens (tertiary/aromatic N) is 2. The lowest BCUT2D eigenvalue weighted by Crippen LogP contribution is -2.51. The molecule has 5 unspecified atom stereocenters. The molecule has 2 aromatic carbocycles. The number of anilines is 1. The number of ether oxygens (including phenoxy) is 3. The SMILES string of the molecule is CNc1noc2ccc(S(=O)(=O)N(CC(C)C)CC(O)C(Cc3ccccc3)NC(=O)OC3COC4OCCC34)cc12. The van der Waals surface area contributed by atoms with Gasteiger partial charge in [0.2, 0.25) is 10.0 Å². The summed E-state index contributed by atoms with van der Waals surface area (Å²) in [7, 11) is -2.38. The maximum absolute atomic E-state index is 13.9. The van der Waals surface area contributed by atoms with Gasteiger partial charge in [0, 0.05) is 20.1 Å². The maximum atomic E-state index is 13.9. The topological polar surface area (TPSA) is 152 Å². The molecule has 2 aliphatic heterocycles. The van der Waals surface area contributed by atoms with E-state index in [9.17, 15) is 18.3 Å². The van der Waals surface area contributed by atoms with Gasteiger partial charge in [0.15, 0.2) is 17.7 Å². The maximum Gasteiger partial charge on any atom is 0.407 e. The van der Waals surface area contributed by atoms with Crippen LogP contribution in [-0.4, -0.2) is 87.0 Å². The number of carbonyl (C=O) groups is 1. The summed E-state index contributed by atoms with van der Waals surface area (Å²) in [4.78, 5) is 13.1. The Bertz CT molecular complexity index is 1460. The third-order valence-corrected chi connectivity index (χ3v) is 9.41. The Balaban J connectivity index is 1.36. The molecule has 42 heavy (non-hydrogen) atoms. The van der Waals surface area contributed by atoms with Gasteiger partial charge in [0.1, 0.15) is 6.10 Å². The van der Waals surface area contributed by atoms with Crippen molar-refractivity contribution in [2.24, 2.45) is 11.8 Å². The number of nitrogens with one attached hydrogen (secondary N) is 2. The van der Waals surface area contributed by atoms with Crippen molar-refractivity contribution in [1.82, 2.24) is 14.8 Å². The van der Waals surface area contributed by atoms with Crippen LogP contribution in [0.4, 0.5) is 10.6 Å². The first-order valence-corrected chi connectivity index (χ1v) is 15.6. The lowest BCUT2D eigenvalue weighted by atomic mass is 10.0. The Morgan fingerprint density at radius 1 is 1.17 bits per heavy atom. The minimum atomic E-state index is -4.05. The van der Waals surface area contributed by atoms with E-state index in [0.29, 0.717) is 23.4 Å². The lowest BCUT2D eigenvalue weighted by Gasteiger charge is -2.31. The van der Waals surface area contributed by atoms with E-state index in [1.807, 2.05) is 44.2 Å². The summed E-state index contributed by atoms with van der Waals surface area (Å²) in [6.45, 7) is 4.50. The third kappa shape index (κ3) is 6.70. The summed E-state index contributed by atoms with van der Waals surface area (Å²) in [5, 5.41) is 21.6. The number of carbonyl (C=O) groups excluding carboxylic acids is 1. The van der Waals surface area contributed by atoms with Gasteiger partial charge in [-0.3, -0.25) is 0 Å². The van der Waals surface area contributed by atoms with E-state index in [4.69, 9.17) is 18.7 Å². The highest BCUT2D eigenvalue weighted by molar-refractivity contribution is 7.89. The second-order valence-electron chi connectivity index (χ2n) is 11.1. The third-order valence-electron chi connectivity index (χ3n) is 7.59. The van der Waals surface area contributed by atoms with Crippen LogP contribution in [0.25, 0.3) is 11.0 Å². The van der Waals surface area contributed by atoms with E-state index in [-0.39, 0.29) is 49.1 Å². The van der Waals surface area contributed by atoms with E-state index in [1.165, 1.54) is 16.4 Å². The number of aliphatic hydroxyl groups is 1. The summed E-state index contributed by atoms with van der Waals surface area (Å²) in [6, 6.07) is 13.1. The van der Waals surface area contributed by atoms with Gasteiger partial charge in [-0.05, 0) is 42.5 Å². The van der Waals surface area contributed by atoms with Gasteiger partial charge < -0.3 is 34.5 Å². The van der Waals surface area contributed by atoms with E-state index in [0.717, 1.165) is 12.0 Å². The average Bonchev–Trinajstić information content (AvgIpc) is 3.69. The quantitative estimate of drug-likeness (QED) is 0.282. The van der Waals surface area contributed by atoms with Crippen molar-refractivity contribution < 1.29 is 37.1 Å². The minimum absolute atomic E-state index is 0.0337. The zero-order valence-corrected chi connectivity index (χ0v) is 24.7. The molecule has 5 atom stereocenters. The van der Waals surface area contributed by atoms with Crippen LogP contribution in [0, 0.1) is 11.8 Å². The van der Waals surface area contributed by atoms with Gasteiger partial charge in [0.05, 0.1) is 41.6 Å². The zero-order valence-electron chi connectivity index (χ0n) is 23.9. The van der Waals surface area contributed by atoms with Gasteiger partial charge >= 0.3 is 6.09 Å². The monoisotopic (exact) mass is 602 g/mol. The fourth-order valence-electron chi connectivity index (χ4n) is 5.44. The number of rotatable bonds is 12. The molecule has 0 saturated carbocycles. The predicted octanol–water partition coefficient (Wildman–Crippen LogP) is 2.98. The number of benzene rings is 2. The molecule has 2 saturated heterocycles. The number of sulfonamides is 1. The summed E-state index contributed by atoms with van der Waals surface area (Å²) >= 11 is 0. The Hall–Kier alpha value is -3.23. The minimum Gasteiger partial charge on any atom is -0.443 e. The molecule has 0 aliphatic carbocycles. The molecule has 228 valence electrons. The van der Waals surface area contributed by atoms with Crippen molar-refractivity contribution in [3.05, 3.63) is 54.1 Å². The molecule has 3 aromatic rings. The van der Waals surface area contributed by atoms with E-state index in [2.05, 4.69) is 15.8 Å². The van der Waals surface area contributed by atoms with Crippen LogP contribution < -0.4 is 10.6 Å². The second-order valence-corrected chi connectivity index (χ2v) is 13.1. The number of amides is 1.